The lowest BCUT2D eigenvalue weighted by Gasteiger charge is -2.12. The maximum absolute atomic E-state index is 12.6. The lowest BCUT2D eigenvalue weighted by atomic mass is 9.97. The number of benzene rings is 3. The van der Waals surface area contributed by atoms with Gasteiger partial charge >= 0.3 is 0 Å². The summed E-state index contributed by atoms with van der Waals surface area (Å²) in [5, 5.41) is 8.89. The van der Waals surface area contributed by atoms with Crippen LogP contribution in [0.2, 0.25) is 0 Å². The smallest absolute Gasteiger partial charge is 0.267 e. The molecule has 0 fully saturated rings. The van der Waals surface area contributed by atoms with Crippen LogP contribution in [-0.2, 0) is 14.8 Å². The number of hydroxylamine groups is 1. The minimum Gasteiger partial charge on any atom is -0.288 e. The Balaban J connectivity index is 1.98. The van der Waals surface area contributed by atoms with Gasteiger partial charge in [-0.1, -0.05) is 58.4 Å². The summed E-state index contributed by atoms with van der Waals surface area (Å²) in [5.41, 5.74) is 3.80. The fourth-order valence-corrected chi connectivity index (χ4v) is 4.01. The van der Waals surface area contributed by atoms with Crippen molar-refractivity contribution in [3.8, 4) is 0 Å². The van der Waals surface area contributed by atoms with Gasteiger partial charge in [0.2, 0.25) is 0 Å². The summed E-state index contributed by atoms with van der Waals surface area (Å²) < 4.78 is 28.6. The monoisotopic (exact) mass is 472 g/mol. The van der Waals surface area contributed by atoms with Crippen molar-refractivity contribution in [3.05, 3.63) is 101 Å². The molecule has 3 aromatic rings. The molecule has 0 saturated carbocycles. The number of carbonyl (C=O) groups is 1. The first kappa shape index (κ1) is 20.8. The van der Waals surface area contributed by atoms with E-state index in [0.29, 0.717) is 16.8 Å². The van der Waals surface area contributed by atoms with E-state index < -0.39 is 15.9 Å². The molecule has 148 valence electrons. The van der Waals surface area contributed by atoms with Crippen LogP contribution in [0.5, 0.6) is 0 Å². The van der Waals surface area contributed by atoms with Gasteiger partial charge in [-0.2, -0.15) is 0 Å². The number of sulfonamides is 1. The van der Waals surface area contributed by atoms with Crippen molar-refractivity contribution < 1.29 is 18.4 Å². The van der Waals surface area contributed by atoms with Crippen molar-refractivity contribution in [2.24, 2.45) is 0 Å². The third-order valence-electron chi connectivity index (χ3n) is 4.02. The minimum absolute atomic E-state index is 0.129. The Morgan fingerprint density at radius 3 is 2.21 bits per heavy atom. The molecule has 0 heterocycles. The van der Waals surface area contributed by atoms with Gasteiger partial charge in [0, 0.05) is 16.2 Å². The van der Waals surface area contributed by atoms with E-state index in [9.17, 15) is 13.2 Å². The molecule has 0 saturated heterocycles. The molecular weight excluding hydrogens is 456 g/mol. The Morgan fingerprint density at radius 1 is 0.897 bits per heavy atom. The van der Waals surface area contributed by atoms with Crippen molar-refractivity contribution in [1.82, 2.24) is 5.48 Å². The van der Waals surface area contributed by atoms with E-state index in [4.69, 9.17) is 5.21 Å². The minimum atomic E-state index is -3.77. The molecule has 3 aromatic carbocycles. The number of halogens is 1. The molecule has 0 aliphatic carbocycles. The van der Waals surface area contributed by atoms with Crippen LogP contribution in [0.25, 0.3) is 5.57 Å². The molecule has 3 rings (SSSR count). The first-order valence-electron chi connectivity index (χ1n) is 8.49. The van der Waals surface area contributed by atoms with Crippen molar-refractivity contribution in [2.75, 3.05) is 4.72 Å². The van der Waals surface area contributed by atoms with Crippen LogP contribution in [-0.4, -0.2) is 19.5 Å². The summed E-state index contributed by atoms with van der Waals surface area (Å²) in [6.07, 6.45) is 1.25. The molecule has 3 N–H and O–H groups in total. The average Bonchev–Trinajstić information content (AvgIpc) is 2.72. The zero-order valence-electron chi connectivity index (χ0n) is 15.0. The van der Waals surface area contributed by atoms with Crippen LogP contribution >= 0.6 is 15.9 Å². The molecule has 29 heavy (non-hydrogen) atoms. The SMILES string of the molecule is O=C(/C=C(/c1ccccc1)c1cccc(NS(=O)(=O)c2ccc(Br)cc2)c1)NO. The predicted octanol–water partition coefficient (Wildman–Crippen LogP) is 4.19. The summed E-state index contributed by atoms with van der Waals surface area (Å²) in [5.74, 6) is -0.690. The second kappa shape index (κ2) is 9.04. The van der Waals surface area contributed by atoms with Crippen molar-refractivity contribution >= 4 is 43.1 Å². The zero-order valence-corrected chi connectivity index (χ0v) is 17.4. The van der Waals surface area contributed by atoms with Crippen LogP contribution in [0.15, 0.2) is 94.3 Å². The maximum Gasteiger partial charge on any atom is 0.267 e. The summed E-state index contributed by atoms with van der Waals surface area (Å²) >= 11 is 3.28. The zero-order chi connectivity index (χ0) is 20.9. The first-order valence-corrected chi connectivity index (χ1v) is 10.8. The highest BCUT2D eigenvalue weighted by Crippen LogP contribution is 2.27. The van der Waals surface area contributed by atoms with Gasteiger partial charge in [-0.3, -0.25) is 14.7 Å². The summed E-state index contributed by atoms with van der Waals surface area (Å²) in [7, 11) is -3.77. The largest absolute Gasteiger partial charge is 0.288 e. The number of amides is 1. The lowest BCUT2D eigenvalue weighted by Crippen LogP contribution is -2.16. The number of hydrogen-bond donors (Lipinski definition) is 3. The lowest BCUT2D eigenvalue weighted by molar-refractivity contribution is -0.124. The number of carbonyl (C=O) groups excluding carboxylic acids is 1. The van der Waals surface area contributed by atoms with Gasteiger partial charge in [0.05, 0.1) is 4.90 Å². The summed E-state index contributed by atoms with van der Waals surface area (Å²) in [4.78, 5) is 11.9. The van der Waals surface area contributed by atoms with Crippen LogP contribution < -0.4 is 10.2 Å². The van der Waals surface area contributed by atoms with Gasteiger partial charge in [-0.15, -0.1) is 0 Å². The standard InChI is InChI=1S/C21H17BrN2O4S/c22-17-9-11-19(12-10-17)29(27,28)24-18-8-4-7-16(13-18)20(14-21(25)23-26)15-5-2-1-3-6-15/h1-14,24,26H,(H,23,25)/b20-14-. The quantitative estimate of drug-likeness (QED) is 0.284. The molecule has 0 aliphatic heterocycles. The number of anilines is 1. The highest BCUT2D eigenvalue weighted by molar-refractivity contribution is 9.10. The molecule has 0 unspecified atom stereocenters. The maximum atomic E-state index is 12.6. The molecule has 0 bridgehead atoms. The number of rotatable bonds is 6. The fourth-order valence-electron chi connectivity index (χ4n) is 2.69. The molecule has 1 amide bonds. The number of hydrogen-bond acceptors (Lipinski definition) is 4. The normalized spacial score (nSPS) is 11.7. The highest BCUT2D eigenvalue weighted by atomic mass is 79.9. The Kier molecular flexibility index (Phi) is 6.48. The number of nitrogens with one attached hydrogen (secondary N) is 2. The van der Waals surface area contributed by atoms with E-state index >= 15 is 0 Å². The Morgan fingerprint density at radius 2 is 1.55 bits per heavy atom. The molecule has 0 spiro atoms. The second-order valence-corrected chi connectivity index (χ2v) is 8.64. The van der Waals surface area contributed by atoms with Crippen LogP contribution in [0.4, 0.5) is 5.69 Å². The summed E-state index contributed by atoms with van der Waals surface area (Å²) in [6, 6.07) is 22.1. The van der Waals surface area contributed by atoms with Crippen molar-refractivity contribution in [2.45, 2.75) is 4.90 Å². The Bertz CT molecular complexity index is 1140. The molecule has 0 atom stereocenters. The highest BCUT2D eigenvalue weighted by Gasteiger charge is 2.15. The van der Waals surface area contributed by atoms with Gasteiger partial charge in [0.15, 0.2) is 0 Å². The van der Waals surface area contributed by atoms with Gasteiger partial charge in [0.25, 0.3) is 15.9 Å². The Hall–Kier alpha value is -2.94. The predicted molar refractivity (Wildman–Crippen MR) is 115 cm³/mol. The average molecular weight is 473 g/mol. The molecule has 6 nitrogen and oxygen atoms in total. The Labute approximate surface area is 177 Å². The molecule has 8 heteroatoms. The van der Waals surface area contributed by atoms with E-state index in [1.165, 1.54) is 18.2 Å². The third-order valence-corrected chi connectivity index (χ3v) is 5.95. The van der Waals surface area contributed by atoms with Crippen LogP contribution in [0.3, 0.4) is 0 Å². The molecular formula is C21H17BrN2O4S. The van der Waals surface area contributed by atoms with Crippen molar-refractivity contribution in [3.63, 3.8) is 0 Å². The fraction of sp³-hybridized carbons (Fsp3) is 0. The van der Waals surface area contributed by atoms with Crippen LogP contribution in [0.1, 0.15) is 11.1 Å². The van der Waals surface area contributed by atoms with E-state index in [1.807, 2.05) is 30.3 Å². The van der Waals surface area contributed by atoms with E-state index in [2.05, 4.69) is 20.7 Å². The van der Waals surface area contributed by atoms with Crippen molar-refractivity contribution in [1.29, 1.82) is 0 Å². The van der Waals surface area contributed by atoms with Gasteiger partial charge in [-0.25, -0.2) is 13.9 Å². The van der Waals surface area contributed by atoms with Crippen LogP contribution in [0, 0.1) is 0 Å². The van der Waals surface area contributed by atoms with E-state index in [0.717, 1.165) is 10.0 Å². The second-order valence-electron chi connectivity index (χ2n) is 6.04. The van der Waals surface area contributed by atoms with E-state index in [1.54, 1.807) is 41.9 Å². The third kappa shape index (κ3) is 5.32. The summed E-state index contributed by atoms with van der Waals surface area (Å²) in [6.45, 7) is 0. The van der Waals surface area contributed by atoms with Gasteiger partial charge in [-0.05, 0) is 53.1 Å². The molecule has 0 aliphatic rings. The van der Waals surface area contributed by atoms with E-state index in [-0.39, 0.29) is 4.90 Å². The molecule has 0 aromatic heterocycles. The molecule has 0 radical (unpaired) electrons. The van der Waals surface area contributed by atoms with Gasteiger partial charge < -0.3 is 0 Å². The topological polar surface area (TPSA) is 95.5 Å². The van der Waals surface area contributed by atoms with Gasteiger partial charge in [0.1, 0.15) is 0 Å². The first-order chi connectivity index (χ1) is 13.9.